The molecule has 2 rings (SSSR count). The molecule has 0 spiro atoms. The summed E-state index contributed by atoms with van der Waals surface area (Å²) < 4.78 is 5.03. The highest BCUT2D eigenvalue weighted by Gasteiger charge is 2.29. The molecule has 1 aliphatic rings. The molecule has 0 aliphatic heterocycles. The zero-order chi connectivity index (χ0) is 16.1. The average Bonchev–Trinajstić information content (AvgIpc) is 2.52. The van der Waals surface area contributed by atoms with Crippen molar-refractivity contribution in [3.63, 3.8) is 0 Å². The molecule has 1 aromatic heterocycles. The molecule has 5 heteroatoms. The quantitative estimate of drug-likeness (QED) is 0.878. The van der Waals surface area contributed by atoms with Gasteiger partial charge in [-0.05, 0) is 31.2 Å². The zero-order valence-electron chi connectivity index (χ0n) is 13.9. The second-order valence-corrected chi connectivity index (χ2v) is 6.34. The number of carbonyl (C=O) groups excluding carboxylic acids is 1. The van der Waals surface area contributed by atoms with Gasteiger partial charge >= 0.3 is 0 Å². The van der Waals surface area contributed by atoms with E-state index in [0.29, 0.717) is 17.7 Å². The number of methoxy groups -OCH3 is 1. The van der Waals surface area contributed by atoms with Crippen LogP contribution in [0.25, 0.3) is 0 Å². The minimum atomic E-state index is -0.292. The van der Waals surface area contributed by atoms with Crippen LogP contribution in [0.15, 0.2) is 18.3 Å². The Morgan fingerprint density at radius 3 is 2.77 bits per heavy atom. The van der Waals surface area contributed by atoms with Gasteiger partial charge in [-0.1, -0.05) is 26.7 Å². The fourth-order valence-corrected chi connectivity index (χ4v) is 3.00. The predicted molar refractivity (Wildman–Crippen MR) is 88.0 cm³/mol. The maximum absolute atomic E-state index is 12.4. The van der Waals surface area contributed by atoms with Crippen LogP contribution in [0.5, 0.6) is 5.88 Å². The maximum Gasteiger partial charge on any atom is 0.242 e. The van der Waals surface area contributed by atoms with Crippen LogP contribution in [-0.2, 0) is 4.79 Å². The standard InChI is InChI=1S/C17H27N3O2/c1-11-6-5-7-15(12(11)2)20-17(21)13(3)19-14-8-9-16(22-4)18-10-14/h8-13,15,19H,5-7H2,1-4H3,(H,20,21)/t11-,12-,13+,15+/m0/s1. The Labute approximate surface area is 132 Å². The van der Waals surface area contributed by atoms with E-state index >= 15 is 0 Å². The Bertz CT molecular complexity index is 489. The summed E-state index contributed by atoms with van der Waals surface area (Å²) >= 11 is 0. The molecule has 0 bridgehead atoms. The number of hydrogen-bond donors (Lipinski definition) is 2. The molecule has 1 aliphatic carbocycles. The molecule has 1 aromatic rings. The highest BCUT2D eigenvalue weighted by Crippen LogP contribution is 2.29. The average molecular weight is 305 g/mol. The van der Waals surface area contributed by atoms with Gasteiger partial charge < -0.3 is 15.4 Å². The molecule has 1 fully saturated rings. The summed E-state index contributed by atoms with van der Waals surface area (Å²) in [6, 6.07) is 3.63. The predicted octanol–water partition coefficient (Wildman–Crippen LogP) is 2.83. The number of amides is 1. The van der Waals surface area contributed by atoms with Gasteiger partial charge in [-0.25, -0.2) is 4.98 Å². The number of hydrogen-bond acceptors (Lipinski definition) is 4. The van der Waals surface area contributed by atoms with Crippen LogP contribution in [0.4, 0.5) is 5.69 Å². The number of pyridine rings is 1. The van der Waals surface area contributed by atoms with Crippen molar-refractivity contribution in [3.8, 4) is 5.88 Å². The molecule has 1 amide bonds. The van der Waals surface area contributed by atoms with Crippen LogP contribution in [0.3, 0.4) is 0 Å². The lowest BCUT2D eigenvalue weighted by Crippen LogP contribution is -2.48. The second-order valence-electron chi connectivity index (χ2n) is 6.34. The molecule has 122 valence electrons. The number of anilines is 1. The fourth-order valence-electron chi connectivity index (χ4n) is 3.00. The van der Waals surface area contributed by atoms with Crippen molar-refractivity contribution in [2.24, 2.45) is 11.8 Å². The number of carbonyl (C=O) groups is 1. The Kier molecular flexibility index (Phi) is 5.63. The SMILES string of the molecule is COc1ccc(N[C@H](C)C(=O)N[C@@H]2CCC[C@H](C)[C@@H]2C)cn1. The Morgan fingerprint density at radius 1 is 1.36 bits per heavy atom. The van der Waals surface area contributed by atoms with Gasteiger partial charge in [0.05, 0.1) is 19.0 Å². The van der Waals surface area contributed by atoms with E-state index in [1.807, 2.05) is 13.0 Å². The van der Waals surface area contributed by atoms with E-state index in [0.717, 1.165) is 12.1 Å². The topological polar surface area (TPSA) is 63.2 Å². The van der Waals surface area contributed by atoms with Crippen molar-refractivity contribution >= 4 is 11.6 Å². The summed E-state index contributed by atoms with van der Waals surface area (Å²) in [6.45, 7) is 6.38. The molecule has 0 unspecified atom stereocenters. The van der Waals surface area contributed by atoms with Crippen molar-refractivity contribution in [3.05, 3.63) is 18.3 Å². The molecule has 22 heavy (non-hydrogen) atoms. The van der Waals surface area contributed by atoms with Crippen molar-refractivity contribution in [2.45, 2.75) is 52.1 Å². The highest BCUT2D eigenvalue weighted by molar-refractivity contribution is 5.84. The third-order valence-electron chi connectivity index (χ3n) is 4.76. The summed E-state index contributed by atoms with van der Waals surface area (Å²) in [6.07, 6.45) is 5.21. The summed E-state index contributed by atoms with van der Waals surface area (Å²) in [5, 5.41) is 6.37. The molecule has 1 saturated carbocycles. The lowest BCUT2D eigenvalue weighted by molar-refractivity contribution is -0.122. The van der Waals surface area contributed by atoms with Crippen LogP contribution < -0.4 is 15.4 Å². The fraction of sp³-hybridized carbons (Fsp3) is 0.647. The van der Waals surface area contributed by atoms with Gasteiger partial charge in [0.1, 0.15) is 6.04 Å². The van der Waals surface area contributed by atoms with Gasteiger partial charge in [0.2, 0.25) is 11.8 Å². The summed E-state index contributed by atoms with van der Waals surface area (Å²) in [7, 11) is 1.58. The third kappa shape index (κ3) is 4.12. The van der Waals surface area contributed by atoms with E-state index < -0.39 is 0 Å². The van der Waals surface area contributed by atoms with E-state index in [4.69, 9.17) is 4.74 Å². The molecular weight excluding hydrogens is 278 g/mol. The number of rotatable bonds is 5. The van der Waals surface area contributed by atoms with Gasteiger partial charge in [0, 0.05) is 12.1 Å². The van der Waals surface area contributed by atoms with Crippen molar-refractivity contribution in [1.29, 1.82) is 0 Å². The lowest BCUT2D eigenvalue weighted by Gasteiger charge is -2.35. The van der Waals surface area contributed by atoms with Crippen molar-refractivity contribution in [2.75, 3.05) is 12.4 Å². The Hall–Kier alpha value is -1.78. The number of aromatic nitrogens is 1. The van der Waals surface area contributed by atoms with E-state index in [1.54, 1.807) is 19.4 Å². The summed E-state index contributed by atoms with van der Waals surface area (Å²) in [4.78, 5) is 16.5. The minimum absolute atomic E-state index is 0.0433. The maximum atomic E-state index is 12.4. The zero-order valence-corrected chi connectivity index (χ0v) is 13.9. The van der Waals surface area contributed by atoms with Crippen LogP contribution >= 0.6 is 0 Å². The highest BCUT2D eigenvalue weighted by atomic mass is 16.5. The molecule has 1 heterocycles. The smallest absolute Gasteiger partial charge is 0.242 e. The van der Waals surface area contributed by atoms with E-state index in [-0.39, 0.29) is 18.0 Å². The van der Waals surface area contributed by atoms with Gasteiger partial charge in [-0.3, -0.25) is 4.79 Å². The second kappa shape index (κ2) is 7.47. The largest absolute Gasteiger partial charge is 0.481 e. The van der Waals surface area contributed by atoms with Crippen LogP contribution in [0.1, 0.15) is 40.0 Å². The monoisotopic (exact) mass is 305 g/mol. The molecule has 0 saturated heterocycles. The molecule has 0 radical (unpaired) electrons. The van der Waals surface area contributed by atoms with Crippen LogP contribution in [0, 0.1) is 11.8 Å². The van der Waals surface area contributed by atoms with Gasteiger partial charge in [-0.15, -0.1) is 0 Å². The first-order valence-corrected chi connectivity index (χ1v) is 8.08. The van der Waals surface area contributed by atoms with Gasteiger partial charge in [0.15, 0.2) is 0 Å². The molecule has 2 N–H and O–H groups in total. The minimum Gasteiger partial charge on any atom is -0.481 e. The first kappa shape index (κ1) is 16.6. The van der Waals surface area contributed by atoms with Gasteiger partial charge in [0.25, 0.3) is 0 Å². The molecule has 4 atom stereocenters. The summed E-state index contributed by atoms with van der Waals surface area (Å²) in [5.74, 6) is 1.81. The first-order valence-electron chi connectivity index (χ1n) is 8.08. The van der Waals surface area contributed by atoms with Crippen LogP contribution in [-0.4, -0.2) is 30.1 Å². The molecule has 5 nitrogen and oxygen atoms in total. The normalized spacial score (nSPS) is 26.1. The third-order valence-corrected chi connectivity index (χ3v) is 4.76. The number of nitrogens with one attached hydrogen (secondary N) is 2. The van der Waals surface area contributed by atoms with Gasteiger partial charge in [-0.2, -0.15) is 0 Å². The van der Waals surface area contributed by atoms with E-state index in [9.17, 15) is 4.79 Å². The van der Waals surface area contributed by atoms with Crippen molar-refractivity contribution in [1.82, 2.24) is 10.3 Å². The van der Waals surface area contributed by atoms with E-state index in [2.05, 4.69) is 29.5 Å². The Balaban J connectivity index is 1.88. The molecule has 0 aromatic carbocycles. The first-order chi connectivity index (χ1) is 10.5. The van der Waals surface area contributed by atoms with Crippen molar-refractivity contribution < 1.29 is 9.53 Å². The lowest BCUT2D eigenvalue weighted by atomic mass is 9.78. The summed E-state index contributed by atoms with van der Waals surface area (Å²) in [5.41, 5.74) is 0.813. The Morgan fingerprint density at radius 2 is 2.14 bits per heavy atom. The molecular formula is C17H27N3O2. The number of ether oxygens (including phenoxy) is 1. The van der Waals surface area contributed by atoms with E-state index in [1.165, 1.54) is 12.8 Å². The number of nitrogens with zero attached hydrogens (tertiary/aromatic N) is 1. The van der Waals surface area contributed by atoms with Crippen LogP contribution in [0.2, 0.25) is 0 Å².